The van der Waals surface area contributed by atoms with Crippen molar-refractivity contribution in [3.63, 3.8) is 0 Å². The Hall–Kier alpha value is -4.13. The van der Waals surface area contributed by atoms with Gasteiger partial charge in [0.1, 0.15) is 11.5 Å². The zero-order chi connectivity index (χ0) is 23.3. The smallest absolute Gasteiger partial charge is 0.205 e. The zero-order valence-corrected chi connectivity index (χ0v) is 19.4. The minimum atomic E-state index is 0.593. The van der Waals surface area contributed by atoms with Crippen molar-refractivity contribution in [2.24, 2.45) is 0 Å². The molecule has 0 bridgehead atoms. The summed E-state index contributed by atoms with van der Waals surface area (Å²) in [4.78, 5) is 9.61. The van der Waals surface area contributed by atoms with E-state index < -0.39 is 0 Å². The number of unbranched alkanes of at least 4 members (excludes halogenated alkanes) is 1. The molecule has 7 nitrogen and oxygen atoms in total. The van der Waals surface area contributed by atoms with Gasteiger partial charge in [0.25, 0.3) is 0 Å². The number of rotatable bonds is 8. The third-order valence-corrected chi connectivity index (χ3v) is 5.90. The average Bonchev–Trinajstić information content (AvgIpc) is 3.54. The average molecular weight is 450 g/mol. The number of aryl methyl sites for hydroxylation is 2. The summed E-state index contributed by atoms with van der Waals surface area (Å²) >= 11 is 0. The second kappa shape index (κ2) is 9.79. The molecule has 0 spiro atoms. The summed E-state index contributed by atoms with van der Waals surface area (Å²) in [5.41, 5.74) is 7.22. The maximum atomic E-state index is 4.94. The van der Waals surface area contributed by atoms with Crippen molar-refractivity contribution in [3.05, 3.63) is 90.0 Å². The number of aromatic amines is 1. The number of hydrogen-bond acceptors (Lipinski definition) is 5. The van der Waals surface area contributed by atoms with E-state index in [9.17, 15) is 0 Å². The molecule has 0 saturated carbocycles. The molecule has 34 heavy (non-hydrogen) atoms. The van der Waals surface area contributed by atoms with Gasteiger partial charge in [0.05, 0.1) is 5.69 Å². The lowest BCUT2D eigenvalue weighted by Gasteiger charge is -2.10. The van der Waals surface area contributed by atoms with Gasteiger partial charge in [0.2, 0.25) is 5.82 Å². The van der Waals surface area contributed by atoms with Crippen LogP contribution in [0.3, 0.4) is 0 Å². The summed E-state index contributed by atoms with van der Waals surface area (Å²) < 4.78 is 2.26. The molecular weight excluding hydrogens is 422 g/mol. The second-order valence-electron chi connectivity index (χ2n) is 8.42. The maximum absolute atomic E-state index is 4.94. The van der Waals surface area contributed by atoms with Crippen molar-refractivity contribution in [2.75, 3.05) is 0 Å². The van der Waals surface area contributed by atoms with E-state index in [1.54, 1.807) is 0 Å². The molecule has 170 valence electrons. The molecule has 1 N–H and O–H groups in total. The fraction of sp³-hybridized carbons (Fsp3) is 0.222. The Morgan fingerprint density at radius 2 is 1.68 bits per heavy atom. The molecular formula is C27H27N7. The van der Waals surface area contributed by atoms with Crippen molar-refractivity contribution in [1.82, 2.24) is 35.2 Å². The predicted molar refractivity (Wildman–Crippen MR) is 133 cm³/mol. The van der Waals surface area contributed by atoms with E-state index in [1.165, 1.54) is 5.56 Å². The number of pyridine rings is 1. The Bertz CT molecular complexity index is 1370. The van der Waals surface area contributed by atoms with Crippen LogP contribution in [0.1, 0.15) is 36.8 Å². The van der Waals surface area contributed by atoms with Crippen LogP contribution in [-0.4, -0.2) is 35.2 Å². The third-order valence-electron chi connectivity index (χ3n) is 5.90. The summed E-state index contributed by atoms with van der Waals surface area (Å²) in [6, 6.07) is 22.8. The molecule has 2 aromatic carbocycles. The predicted octanol–water partition coefficient (Wildman–Crippen LogP) is 5.49. The molecule has 0 aliphatic rings. The number of nitrogens with zero attached hydrogens (tertiary/aromatic N) is 6. The molecule has 0 saturated heterocycles. The van der Waals surface area contributed by atoms with Crippen LogP contribution >= 0.6 is 0 Å². The van der Waals surface area contributed by atoms with Crippen molar-refractivity contribution in [3.8, 4) is 33.9 Å². The van der Waals surface area contributed by atoms with Gasteiger partial charge in [-0.1, -0.05) is 67.9 Å². The highest BCUT2D eigenvalue weighted by atomic mass is 15.5. The first-order chi connectivity index (χ1) is 16.7. The summed E-state index contributed by atoms with van der Waals surface area (Å²) in [6.45, 7) is 4.99. The number of nitrogens with one attached hydrogen (secondary N) is 1. The Balaban J connectivity index is 1.42. The van der Waals surface area contributed by atoms with E-state index in [0.717, 1.165) is 65.4 Å². The van der Waals surface area contributed by atoms with Crippen LogP contribution < -0.4 is 0 Å². The van der Waals surface area contributed by atoms with Crippen LogP contribution in [0, 0.1) is 6.92 Å². The molecule has 0 radical (unpaired) electrons. The minimum Gasteiger partial charge on any atom is -0.330 e. The van der Waals surface area contributed by atoms with Gasteiger partial charge in [-0.05, 0) is 47.4 Å². The van der Waals surface area contributed by atoms with Gasteiger partial charge in [-0.3, -0.25) is 4.98 Å². The Labute approximate surface area is 198 Å². The van der Waals surface area contributed by atoms with E-state index in [4.69, 9.17) is 4.98 Å². The van der Waals surface area contributed by atoms with Gasteiger partial charge in [-0.2, -0.15) is 5.21 Å². The number of H-pyrrole nitrogens is 1. The van der Waals surface area contributed by atoms with E-state index in [0.29, 0.717) is 5.82 Å². The first-order valence-electron chi connectivity index (χ1n) is 11.6. The quantitative estimate of drug-likeness (QED) is 0.338. The van der Waals surface area contributed by atoms with Gasteiger partial charge in [-0.25, -0.2) is 4.98 Å². The molecule has 0 aliphatic carbocycles. The first kappa shape index (κ1) is 21.7. The van der Waals surface area contributed by atoms with Gasteiger partial charge < -0.3 is 4.57 Å². The van der Waals surface area contributed by atoms with Crippen LogP contribution in [0.4, 0.5) is 0 Å². The lowest BCUT2D eigenvalue weighted by atomic mass is 9.98. The van der Waals surface area contributed by atoms with Crippen LogP contribution in [0.5, 0.6) is 0 Å². The SMILES string of the molecule is CCCCc1nc(-c2cccc(C)n2)cn1Cc1ccc(-c2ccccc2-c2nn[nH]n2)cc1. The fourth-order valence-corrected chi connectivity index (χ4v) is 4.13. The summed E-state index contributed by atoms with van der Waals surface area (Å²) in [5.74, 6) is 1.70. The lowest BCUT2D eigenvalue weighted by Crippen LogP contribution is -2.04. The van der Waals surface area contributed by atoms with Gasteiger partial charge in [-0.15, -0.1) is 10.2 Å². The Morgan fingerprint density at radius 3 is 2.41 bits per heavy atom. The molecule has 7 heteroatoms. The molecule has 0 aliphatic heterocycles. The molecule has 0 amide bonds. The fourth-order valence-electron chi connectivity index (χ4n) is 4.13. The molecule has 0 fully saturated rings. The van der Waals surface area contributed by atoms with E-state index >= 15 is 0 Å². The summed E-state index contributed by atoms with van der Waals surface area (Å²) in [7, 11) is 0. The van der Waals surface area contributed by atoms with Gasteiger partial charge in [0, 0.05) is 30.4 Å². The first-order valence-corrected chi connectivity index (χ1v) is 11.6. The van der Waals surface area contributed by atoms with Crippen molar-refractivity contribution in [1.29, 1.82) is 0 Å². The number of imidazole rings is 1. The summed E-state index contributed by atoms with van der Waals surface area (Å²) in [6.07, 6.45) is 5.34. The van der Waals surface area contributed by atoms with E-state index in [-0.39, 0.29) is 0 Å². The standard InChI is InChI=1S/C27H27N7/c1-3-4-12-26-29-25(24-11-7-8-19(2)28-24)18-34(26)17-20-13-15-21(16-14-20)22-9-5-6-10-23(22)27-30-32-33-31-27/h5-11,13-16,18H,3-4,12,17H2,1-2H3,(H,30,31,32,33). The highest BCUT2D eigenvalue weighted by molar-refractivity contribution is 5.80. The van der Waals surface area contributed by atoms with Crippen LogP contribution in [0.15, 0.2) is 72.9 Å². The zero-order valence-electron chi connectivity index (χ0n) is 19.4. The highest BCUT2D eigenvalue weighted by Crippen LogP contribution is 2.30. The molecule has 3 heterocycles. The number of tetrazole rings is 1. The lowest BCUT2D eigenvalue weighted by molar-refractivity contribution is 0.678. The number of benzene rings is 2. The van der Waals surface area contributed by atoms with E-state index in [2.05, 4.69) is 73.6 Å². The summed E-state index contributed by atoms with van der Waals surface area (Å²) in [5, 5.41) is 14.5. The minimum absolute atomic E-state index is 0.593. The topological polar surface area (TPSA) is 85.2 Å². The van der Waals surface area contributed by atoms with Crippen molar-refractivity contribution < 1.29 is 0 Å². The van der Waals surface area contributed by atoms with Crippen LogP contribution in [0.2, 0.25) is 0 Å². The molecule has 5 rings (SSSR count). The highest BCUT2D eigenvalue weighted by Gasteiger charge is 2.13. The van der Waals surface area contributed by atoms with Crippen LogP contribution in [-0.2, 0) is 13.0 Å². The third kappa shape index (κ3) is 4.64. The number of aromatic nitrogens is 7. The number of hydrogen-bond donors (Lipinski definition) is 1. The van der Waals surface area contributed by atoms with Gasteiger partial charge in [0.15, 0.2) is 0 Å². The maximum Gasteiger partial charge on any atom is 0.205 e. The largest absolute Gasteiger partial charge is 0.330 e. The molecule has 0 atom stereocenters. The van der Waals surface area contributed by atoms with Gasteiger partial charge >= 0.3 is 0 Å². The Kier molecular flexibility index (Phi) is 6.25. The molecule has 0 unspecified atom stereocenters. The van der Waals surface area contributed by atoms with Crippen molar-refractivity contribution >= 4 is 0 Å². The molecule has 3 aromatic heterocycles. The second-order valence-corrected chi connectivity index (χ2v) is 8.42. The van der Waals surface area contributed by atoms with Crippen molar-refractivity contribution in [2.45, 2.75) is 39.7 Å². The monoisotopic (exact) mass is 449 g/mol. The normalized spacial score (nSPS) is 11.1. The Morgan fingerprint density at radius 1 is 0.853 bits per heavy atom. The van der Waals surface area contributed by atoms with Crippen LogP contribution in [0.25, 0.3) is 33.9 Å². The molecule has 5 aromatic rings. The van der Waals surface area contributed by atoms with E-state index in [1.807, 2.05) is 43.3 Å².